The second-order valence-corrected chi connectivity index (χ2v) is 11.2. The number of nitrogens with zero attached hydrogens (tertiary/aromatic N) is 6. The second kappa shape index (κ2) is 9.83. The third-order valence-electron chi connectivity index (χ3n) is 8.21. The summed E-state index contributed by atoms with van der Waals surface area (Å²) in [7, 11) is 2.17. The molecule has 38 heavy (non-hydrogen) atoms. The van der Waals surface area contributed by atoms with Crippen LogP contribution in [0.25, 0.3) is 21.8 Å². The minimum absolute atomic E-state index is 0.178. The van der Waals surface area contributed by atoms with Gasteiger partial charge >= 0.3 is 11.8 Å². The van der Waals surface area contributed by atoms with Crippen molar-refractivity contribution < 1.29 is 9.59 Å². The van der Waals surface area contributed by atoms with Crippen molar-refractivity contribution in [2.24, 2.45) is 11.8 Å². The predicted octanol–water partition coefficient (Wildman–Crippen LogP) is 3.76. The maximum atomic E-state index is 13.5. The molecular weight excluding hydrogens is 480 g/mol. The van der Waals surface area contributed by atoms with E-state index in [1.165, 1.54) is 6.20 Å². The van der Waals surface area contributed by atoms with Gasteiger partial charge in [0.2, 0.25) is 0 Å². The van der Waals surface area contributed by atoms with Crippen molar-refractivity contribution in [3.05, 3.63) is 48.5 Å². The number of rotatable bonds is 3. The number of benzene rings is 1. The largest absolute Gasteiger partial charge is 0.327 e. The summed E-state index contributed by atoms with van der Waals surface area (Å²) in [6.07, 6.45) is 9.84. The molecule has 2 saturated heterocycles. The van der Waals surface area contributed by atoms with Crippen LogP contribution in [-0.4, -0.2) is 73.3 Å². The van der Waals surface area contributed by atoms with Gasteiger partial charge in [-0.05, 0) is 56.3 Å². The number of H-pyrrole nitrogens is 1. The van der Waals surface area contributed by atoms with Crippen LogP contribution in [0, 0.1) is 11.8 Å². The van der Waals surface area contributed by atoms with Crippen molar-refractivity contribution >= 4 is 39.3 Å². The van der Waals surface area contributed by atoms with Gasteiger partial charge in [-0.1, -0.05) is 26.0 Å². The van der Waals surface area contributed by atoms with Gasteiger partial charge in [-0.2, -0.15) is 10.2 Å². The van der Waals surface area contributed by atoms with E-state index < -0.39 is 11.8 Å². The second-order valence-electron chi connectivity index (χ2n) is 11.2. The molecule has 198 valence electrons. The van der Waals surface area contributed by atoms with Gasteiger partial charge < -0.3 is 15.1 Å². The molecule has 0 saturated carbocycles. The predicted molar refractivity (Wildman–Crippen MR) is 145 cm³/mol. The van der Waals surface area contributed by atoms with Gasteiger partial charge in [0.25, 0.3) is 0 Å². The molecule has 3 aromatic heterocycles. The van der Waals surface area contributed by atoms with Crippen LogP contribution in [0.4, 0.5) is 5.69 Å². The third kappa shape index (κ3) is 4.53. The number of piperidine rings is 2. The summed E-state index contributed by atoms with van der Waals surface area (Å²) in [6.45, 7) is 7.08. The summed E-state index contributed by atoms with van der Waals surface area (Å²) < 4.78 is 2.13. The lowest BCUT2D eigenvalue weighted by Crippen LogP contribution is -2.46. The smallest absolute Gasteiger partial charge is 0.314 e. The Bertz CT molecular complexity index is 1490. The van der Waals surface area contributed by atoms with Crippen LogP contribution in [0.3, 0.4) is 0 Å². The summed E-state index contributed by atoms with van der Waals surface area (Å²) in [6, 6.07) is 6.48. The van der Waals surface area contributed by atoms with Crippen molar-refractivity contribution in [1.82, 2.24) is 34.8 Å². The number of likely N-dealkylation sites (tertiary alicyclic amines) is 2. The van der Waals surface area contributed by atoms with Crippen LogP contribution in [0.5, 0.6) is 0 Å². The van der Waals surface area contributed by atoms with E-state index in [2.05, 4.69) is 75.4 Å². The summed E-state index contributed by atoms with van der Waals surface area (Å²) in [4.78, 5) is 34.9. The molecular formula is C28H34N8O2. The average Bonchev–Trinajstić information content (AvgIpc) is 3.55. The number of pyridine rings is 1. The first-order valence-corrected chi connectivity index (χ1v) is 13.4. The number of hydrogen-bond donors (Lipinski definition) is 2. The highest BCUT2D eigenvalue weighted by molar-refractivity contribution is 6.40. The minimum Gasteiger partial charge on any atom is -0.327 e. The molecule has 5 heterocycles. The lowest BCUT2D eigenvalue weighted by molar-refractivity contribution is -0.146. The highest BCUT2D eigenvalue weighted by Crippen LogP contribution is 2.35. The number of nitrogens with one attached hydrogen (secondary N) is 2. The van der Waals surface area contributed by atoms with Gasteiger partial charge in [0.05, 0.1) is 41.2 Å². The quantitative estimate of drug-likeness (QED) is 0.403. The Morgan fingerprint density at radius 1 is 1.05 bits per heavy atom. The monoisotopic (exact) mass is 514 g/mol. The number of carbonyl (C=O) groups is 2. The highest BCUT2D eigenvalue weighted by atomic mass is 16.2. The molecule has 6 rings (SSSR count). The average molecular weight is 515 g/mol. The van der Waals surface area contributed by atoms with Gasteiger partial charge in [0.15, 0.2) is 0 Å². The minimum atomic E-state index is -0.672. The maximum Gasteiger partial charge on any atom is 0.314 e. The Labute approximate surface area is 221 Å². The first kappa shape index (κ1) is 24.5. The van der Waals surface area contributed by atoms with Gasteiger partial charge in [0.1, 0.15) is 0 Å². The first-order valence-electron chi connectivity index (χ1n) is 13.4. The number of aromatic nitrogens is 5. The fourth-order valence-electron chi connectivity index (χ4n) is 6.15. The van der Waals surface area contributed by atoms with E-state index >= 15 is 0 Å². The highest BCUT2D eigenvalue weighted by Gasteiger charge is 2.35. The fourth-order valence-corrected chi connectivity index (χ4v) is 6.15. The van der Waals surface area contributed by atoms with Crippen molar-refractivity contribution in [3.8, 4) is 0 Å². The number of anilines is 1. The summed E-state index contributed by atoms with van der Waals surface area (Å²) in [5, 5.41) is 16.4. The van der Waals surface area contributed by atoms with E-state index in [0.717, 1.165) is 54.2 Å². The first-order chi connectivity index (χ1) is 18.4. The topological polar surface area (TPSA) is 112 Å². The van der Waals surface area contributed by atoms with E-state index in [1.807, 2.05) is 0 Å². The summed E-state index contributed by atoms with van der Waals surface area (Å²) in [5.41, 5.74) is 3.03. The van der Waals surface area contributed by atoms with Crippen molar-refractivity contribution in [2.75, 3.05) is 32.0 Å². The Kier molecular flexibility index (Phi) is 6.35. The van der Waals surface area contributed by atoms with Crippen molar-refractivity contribution in [2.45, 2.75) is 45.2 Å². The van der Waals surface area contributed by atoms with Crippen molar-refractivity contribution in [3.63, 3.8) is 0 Å². The molecule has 2 amide bonds. The molecule has 0 unspecified atom stereocenters. The number of carbonyl (C=O) groups excluding carboxylic acids is 2. The molecule has 0 radical (unpaired) electrons. The molecule has 1 aromatic carbocycles. The normalized spacial score (nSPS) is 24.7. The Morgan fingerprint density at radius 2 is 1.92 bits per heavy atom. The molecule has 4 atom stereocenters. The van der Waals surface area contributed by atoms with Crippen LogP contribution >= 0.6 is 0 Å². The van der Waals surface area contributed by atoms with E-state index in [0.29, 0.717) is 35.6 Å². The zero-order chi connectivity index (χ0) is 26.4. The zero-order valence-corrected chi connectivity index (χ0v) is 22.1. The number of fused-ring (bicyclic) bond motifs is 2. The molecule has 0 spiro atoms. The zero-order valence-electron chi connectivity index (χ0n) is 22.1. The van der Waals surface area contributed by atoms with Gasteiger partial charge in [-0.25, -0.2) is 0 Å². The summed E-state index contributed by atoms with van der Waals surface area (Å²) >= 11 is 0. The van der Waals surface area contributed by atoms with Gasteiger partial charge in [-0.15, -0.1) is 0 Å². The molecule has 4 aromatic rings. The van der Waals surface area contributed by atoms with E-state index in [1.54, 1.807) is 17.3 Å². The SMILES string of the molecule is C[C@H]1CC[C@H](c2ccc3cn([C@H]4CCN(C)C[C@@H]4C)nc3c2)N(C(=O)C(=O)Nc2cncc3cn[nH]c23)C1. The fraction of sp³-hybridized carbons (Fsp3) is 0.464. The third-order valence-corrected chi connectivity index (χ3v) is 8.21. The standard InChI is InChI=1S/C28H34N8O2/c1-17-4-7-25(35(14-17)28(38)27(37)31-23-13-29-11-21-12-30-32-26(21)23)19-5-6-20-16-36(33-22(20)10-19)24-8-9-34(3)15-18(24)2/h5-6,10-13,16-18,24-25H,4,7-9,14-15H2,1-3H3,(H,30,32)(H,31,37)/t17-,18-,24-,25+/m0/s1. The number of aromatic amines is 1. The molecule has 2 N–H and O–H groups in total. The maximum absolute atomic E-state index is 13.5. The van der Waals surface area contributed by atoms with Crippen LogP contribution in [0.1, 0.15) is 50.8 Å². The Hall–Kier alpha value is -3.79. The van der Waals surface area contributed by atoms with Crippen LogP contribution in [0.15, 0.2) is 43.0 Å². The molecule has 10 heteroatoms. The van der Waals surface area contributed by atoms with Crippen LogP contribution in [0.2, 0.25) is 0 Å². The molecule has 0 bridgehead atoms. The Morgan fingerprint density at radius 3 is 2.76 bits per heavy atom. The van der Waals surface area contributed by atoms with Crippen LogP contribution in [-0.2, 0) is 9.59 Å². The Balaban J connectivity index is 1.25. The summed E-state index contributed by atoms with van der Waals surface area (Å²) in [5.74, 6) is -0.371. The molecule has 10 nitrogen and oxygen atoms in total. The number of hydrogen-bond acceptors (Lipinski definition) is 6. The van der Waals surface area contributed by atoms with Crippen LogP contribution < -0.4 is 5.32 Å². The van der Waals surface area contributed by atoms with E-state index in [4.69, 9.17) is 5.10 Å². The molecule has 2 aliphatic heterocycles. The van der Waals surface area contributed by atoms with Gasteiger partial charge in [0, 0.05) is 36.3 Å². The lowest BCUT2D eigenvalue weighted by Gasteiger charge is -2.38. The van der Waals surface area contributed by atoms with Gasteiger partial charge in [-0.3, -0.25) is 24.4 Å². The number of amides is 2. The van der Waals surface area contributed by atoms with Crippen molar-refractivity contribution in [1.29, 1.82) is 0 Å². The lowest BCUT2D eigenvalue weighted by atomic mass is 9.89. The van der Waals surface area contributed by atoms with E-state index in [9.17, 15) is 9.59 Å². The molecule has 0 aliphatic carbocycles. The van der Waals surface area contributed by atoms with E-state index in [-0.39, 0.29) is 6.04 Å². The molecule has 2 fully saturated rings. The molecule has 2 aliphatic rings.